The molecule has 0 aliphatic carbocycles. The summed E-state index contributed by atoms with van der Waals surface area (Å²) in [6.45, 7) is 4.77. The molecular formula is C16H22N6. The molecular weight excluding hydrogens is 276 g/mol. The van der Waals surface area contributed by atoms with E-state index in [4.69, 9.17) is 0 Å². The number of anilines is 2. The number of likely N-dealkylation sites (N-methyl/N-ethyl adjacent to an activating group) is 1. The zero-order chi connectivity index (χ0) is 15.4. The summed E-state index contributed by atoms with van der Waals surface area (Å²) in [4.78, 5) is 11.3. The lowest BCUT2D eigenvalue weighted by Gasteiger charge is -2.32. The Morgan fingerprint density at radius 1 is 1.09 bits per heavy atom. The predicted molar refractivity (Wildman–Crippen MR) is 88.1 cm³/mol. The standard InChI is InChI=1S/C16H22N6/c1-20-8-10-22(11-9-20)16-18-15(12-17-19-16)21(2)13-14-6-4-3-5-7-14/h3-7,12H,8-11,13H2,1-2H3. The fourth-order valence-electron chi connectivity index (χ4n) is 2.55. The maximum absolute atomic E-state index is 4.68. The molecule has 1 saturated heterocycles. The highest BCUT2D eigenvalue weighted by atomic mass is 15.4. The van der Waals surface area contributed by atoms with Gasteiger partial charge in [0.15, 0.2) is 5.82 Å². The lowest BCUT2D eigenvalue weighted by Crippen LogP contribution is -2.45. The number of aromatic nitrogens is 3. The molecule has 0 N–H and O–H groups in total. The molecule has 0 unspecified atom stereocenters. The molecule has 1 aliphatic heterocycles. The van der Waals surface area contributed by atoms with Crippen molar-refractivity contribution < 1.29 is 0 Å². The third-order valence-electron chi connectivity index (χ3n) is 3.97. The van der Waals surface area contributed by atoms with E-state index in [9.17, 15) is 0 Å². The lowest BCUT2D eigenvalue weighted by molar-refractivity contribution is 0.311. The first-order chi connectivity index (χ1) is 10.7. The van der Waals surface area contributed by atoms with Gasteiger partial charge in [-0.3, -0.25) is 0 Å². The van der Waals surface area contributed by atoms with Crippen LogP contribution in [0.1, 0.15) is 5.56 Å². The monoisotopic (exact) mass is 298 g/mol. The molecule has 2 heterocycles. The van der Waals surface area contributed by atoms with Gasteiger partial charge < -0.3 is 14.7 Å². The van der Waals surface area contributed by atoms with Gasteiger partial charge in [0.25, 0.3) is 0 Å². The Hall–Kier alpha value is -2.21. The van der Waals surface area contributed by atoms with Crippen molar-refractivity contribution in [2.45, 2.75) is 6.54 Å². The van der Waals surface area contributed by atoms with E-state index in [-0.39, 0.29) is 0 Å². The van der Waals surface area contributed by atoms with Gasteiger partial charge in [0, 0.05) is 39.8 Å². The molecule has 0 amide bonds. The van der Waals surface area contributed by atoms with Gasteiger partial charge in [-0.25, -0.2) is 0 Å². The molecule has 116 valence electrons. The number of nitrogens with zero attached hydrogens (tertiary/aromatic N) is 6. The van der Waals surface area contributed by atoms with Crippen LogP contribution in [0.4, 0.5) is 11.8 Å². The molecule has 6 heteroatoms. The summed E-state index contributed by atoms with van der Waals surface area (Å²) < 4.78 is 0. The average molecular weight is 298 g/mol. The minimum atomic E-state index is 0.727. The number of hydrogen-bond acceptors (Lipinski definition) is 6. The van der Waals surface area contributed by atoms with Crippen molar-refractivity contribution in [1.29, 1.82) is 0 Å². The van der Waals surface area contributed by atoms with Crippen molar-refractivity contribution in [3.05, 3.63) is 42.1 Å². The molecule has 0 atom stereocenters. The average Bonchev–Trinajstić information content (AvgIpc) is 2.56. The molecule has 0 spiro atoms. The molecule has 1 aromatic heterocycles. The number of benzene rings is 1. The number of hydrogen-bond donors (Lipinski definition) is 0. The van der Waals surface area contributed by atoms with E-state index in [2.05, 4.69) is 61.2 Å². The molecule has 1 aromatic carbocycles. The Labute approximate surface area is 131 Å². The first kappa shape index (κ1) is 14.7. The molecule has 3 rings (SSSR count). The number of rotatable bonds is 4. The van der Waals surface area contributed by atoms with Crippen LogP contribution in [0.2, 0.25) is 0 Å². The van der Waals surface area contributed by atoms with Gasteiger partial charge in [0.1, 0.15) is 0 Å². The largest absolute Gasteiger partial charge is 0.354 e. The van der Waals surface area contributed by atoms with Crippen molar-refractivity contribution in [1.82, 2.24) is 20.1 Å². The second kappa shape index (κ2) is 6.70. The summed E-state index contributed by atoms with van der Waals surface area (Å²) in [5, 5.41) is 8.33. The SMILES string of the molecule is CN1CCN(c2nncc(N(C)Cc3ccccc3)n2)CC1. The van der Waals surface area contributed by atoms with Gasteiger partial charge in [-0.15, -0.1) is 5.10 Å². The van der Waals surface area contributed by atoms with E-state index in [1.54, 1.807) is 6.20 Å². The highest BCUT2D eigenvalue weighted by Crippen LogP contribution is 2.15. The van der Waals surface area contributed by atoms with Crippen LogP contribution in [0.15, 0.2) is 36.5 Å². The molecule has 6 nitrogen and oxygen atoms in total. The Morgan fingerprint density at radius 2 is 1.82 bits per heavy atom. The van der Waals surface area contributed by atoms with Gasteiger partial charge in [-0.2, -0.15) is 10.1 Å². The van der Waals surface area contributed by atoms with Crippen molar-refractivity contribution in [2.75, 3.05) is 50.1 Å². The van der Waals surface area contributed by atoms with Gasteiger partial charge >= 0.3 is 0 Å². The first-order valence-electron chi connectivity index (χ1n) is 7.60. The highest BCUT2D eigenvalue weighted by Gasteiger charge is 2.17. The zero-order valence-electron chi connectivity index (χ0n) is 13.2. The van der Waals surface area contributed by atoms with E-state index in [0.29, 0.717) is 0 Å². The summed E-state index contributed by atoms with van der Waals surface area (Å²) in [6, 6.07) is 10.4. The molecule has 1 aliphatic rings. The second-order valence-corrected chi connectivity index (χ2v) is 5.75. The molecule has 22 heavy (non-hydrogen) atoms. The smallest absolute Gasteiger partial charge is 0.247 e. The zero-order valence-corrected chi connectivity index (χ0v) is 13.2. The Bertz CT molecular complexity index is 595. The summed E-state index contributed by atoms with van der Waals surface area (Å²) in [7, 11) is 4.17. The van der Waals surface area contributed by atoms with E-state index in [1.807, 2.05) is 13.1 Å². The van der Waals surface area contributed by atoms with Crippen LogP contribution >= 0.6 is 0 Å². The second-order valence-electron chi connectivity index (χ2n) is 5.75. The third kappa shape index (κ3) is 3.51. The van der Waals surface area contributed by atoms with Crippen LogP contribution in [0.3, 0.4) is 0 Å². The Kier molecular flexibility index (Phi) is 4.48. The first-order valence-corrected chi connectivity index (χ1v) is 7.60. The van der Waals surface area contributed by atoms with Gasteiger partial charge in [0.05, 0.1) is 6.20 Å². The van der Waals surface area contributed by atoms with Gasteiger partial charge in [0.2, 0.25) is 5.95 Å². The molecule has 0 radical (unpaired) electrons. The molecule has 0 saturated carbocycles. The predicted octanol–water partition coefficient (Wildman–Crippen LogP) is 1.26. The fraction of sp³-hybridized carbons (Fsp3) is 0.438. The molecule has 1 fully saturated rings. The highest BCUT2D eigenvalue weighted by molar-refractivity contribution is 5.42. The Morgan fingerprint density at radius 3 is 2.55 bits per heavy atom. The summed E-state index contributed by atoms with van der Waals surface area (Å²) in [5.41, 5.74) is 1.25. The van der Waals surface area contributed by atoms with E-state index < -0.39 is 0 Å². The van der Waals surface area contributed by atoms with Crippen LogP contribution in [0, 0.1) is 0 Å². The van der Waals surface area contributed by atoms with E-state index in [0.717, 1.165) is 44.5 Å². The third-order valence-corrected chi connectivity index (χ3v) is 3.97. The number of piperazine rings is 1. The topological polar surface area (TPSA) is 48.4 Å². The van der Waals surface area contributed by atoms with Gasteiger partial charge in [-0.05, 0) is 12.6 Å². The fourth-order valence-corrected chi connectivity index (χ4v) is 2.55. The minimum Gasteiger partial charge on any atom is -0.354 e. The van der Waals surface area contributed by atoms with Crippen molar-refractivity contribution in [3.8, 4) is 0 Å². The minimum absolute atomic E-state index is 0.727. The summed E-state index contributed by atoms with van der Waals surface area (Å²) in [5.74, 6) is 1.58. The maximum atomic E-state index is 4.68. The maximum Gasteiger partial charge on any atom is 0.247 e. The normalized spacial score (nSPS) is 15.8. The van der Waals surface area contributed by atoms with E-state index >= 15 is 0 Å². The Balaban J connectivity index is 1.70. The van der Waals surface area contributed by atoms with Crippen molar-refractivity contribution >= 4 is 11.8 Å². The molecule has 0 bridgehead atoms. The molecule has 2 aromatic rings. The van der Waals surface area contributed by atoms with Crippen molar-refractivity contribution in [2.24, 2.45) is 0 Å². The van der Waals surface area contributed by atoms with E-state index in [1.165, 1.54) is 5.56 Å². The van der Waals surface area contributed by atoms with Crippen LogP contribution < -0.4 is 9.80 Å². The van der Waals surface area contributed by atoms with Crippen LogP contribution in [-0.2, 0) is 6.54 Å². The van der Waals surface area contributed by atoms with Gasteiger partial charge in [-0.1, -0.05) is 30.3 Å². The summed E-state index contributed by atoms with van der Waals surface area (Å²) >= 11 is 0. The van der Waals surface area contributed by atoms with Crippen molar-refractivity contribution in [3.63, 3.8) is 0 Å². The van der Waals surface area contributed by atoms with Crippen LogP contribution in [-0.4, -0.2) is 60.4 Å². The lowest BCUT2D eigenvalue weighted by atomic mass is 10.2. The quantitative estimate of drug-likeness (QED) is 0.847. The van der Waals surface area contributed by atoms with Crippen LogP contribution in [0.5, 0.6) is 0 Å². The van der Waals surface area contributed by atoms with Crippen LogP contribution in [0.25, 0.3) is 0 Å². The summed E-state index contributed by atoms with van der Waals surface area (Å²) in [6.07, 6.45) is 1.72.